The predicted molar refractivity (Wildman–Crippen MR) is 143 cm³/mol. The van der Waals surface area contributed by atoms with Crippen LogP contribution in [-0.2, 0) is 25.2 Å². The predicted octanol–water partition coefficient (Wildman–Crippen LogP) is 5.30. The zero-order valence-electron chi connectivity index (χ0n) is 21.5. The molecule has 4 nitrogen and oxygen atoms in total. The van der Waals surface area contributed by atoms with Gasteiger partial charge in [0.2, 0.25) is 0 Å². The third kappa shape index (κ3) is 5.60. The highest BCUT2D eigenvalue weighted by atomic mass is 28.4. The zero-order chi connectivity index (χ0) is 24.9. The average Bonchev–Trinajstić information content (AvgIpc) is 3.30. The quantitative estimate of drug-likeness (QED) is 0.382. The summed E-state index contributed by atoms with van der Waals surface area (Å²) in [6.07, 6.45) is -0.158. The van der Waals surface area contributed by atoms with E-state index >= 15 is 0 Å². The van der Waals surface area contributed by atoms with Crippen molar-refractivity contribution in [1.29, 1.82) is 0 Å². The summed E-state index contributed by atoms with van der Waals surface area (Å²) < 4.78 is 25.7. The molecule has 4 rings (SSSR count). The van der Waals surface area contributed by atoms with Crippen molar-refractivity contribution in [3.05, 3.63) is 96.6 Å². The van der Waals surface area contributed by atoms with Gasteiger partial charge < -0.3 is 18.6 Å². The first-order valence-corrected chi connectivity index (χ1v) is 14.4. The molecule has 5 heteroatoms. The monoisotopic (exact) mass is 490 g/mol. The van der Waals surface area contributed by atoms with Crippen LogP contribution >= 0.6 is 0 Å². The standard InChI is InChI=1S/C30H38O4Si/c1-23(29-27(21-28(31-5)33-29)32-22-24-15-9-6-10-16-24)34-35(30(2,3)4,25-17-11-7-12-18-25)26-19-13-8-14-20-26/h6-20,23,27-29H,21-22H2,1-5H3/t23-,27-,28+,29+/m0/s1. The lowest BCUT2D eigenvalue weighted by Crippen LogP contribution is -2.68. The minimum atomic E-state index is -2.70. The minimum Gasteiger partial charge on any atom is -0.402 e. The molecule has 3 aromatic rings. The third-order valence-electron chi connectivity index (χ3n) is 6.91. The number of benzene rings is 3. The maximum Gasteiger partial charge on any atom is 0.261 e. The van der Waals surface area contributed by atoms with E-state index in [9.17, 15) is 0 Å². The molecule has 1 saturated heterocycles. The van der Waals surface area contributed by atoms with Crippen LogP contribution in [0.25, 0.3) is 0 Å². The Hall–Kier alpha value is -2.28. The van der Waals surface area contributed by atoms with Crippen molar-refractivity contribution in [3.8, 4) is 0 Å². The molecule has 4 atom stereocenters. The highest BCUT2D eigenvalue weighted by molar-refractivity contribution is 6.99. The maximum absolute atomic E-state index is 7.31. The Morgan fingerprint density at radius 2 is 1.37 bits per heavy atom. The van der Waals surface area contributed by atoms with Gasteiger partial charge in [0.1, 0.15) is 6.10 Å². The lowest BCUT2D eigenvalue weighted by atomic mass is 10.1. The molecule has 0 aliphatic carbocycles. The third-order valence-corrected chi connectivity index (χ3v) is 12.0. The molecule has 1 aliphatic heterocycles. The summed E-state index contributed by atoms with van der Waals surface area (Å²) in [5.41, 5.74) is 1.15. The first-order chi connectivity index (χ1) is 16.8. The van der Waals surface area contributed by atoms with Crippen molar-refractivity contribution in [1.82, 2.24) is 0 Å². The van der Waals surface area contributed by atoms with Crippen molar-refractivity contribution in [2.45, 2.75) is 70.4 Å². The number of methoxy groups -OCH3 is 1. The number of hydrogen-bond donors (Lipinski definition) is 0. The van der Waals surface area contributed by atoms with Gasteiger partial charge in [-0.05, 0) is 27.9 Å². The molecule has 0 aromatic heterocycles. The Morgan fingerprint density at radius 3 is 1.86 bits per heavy atom. The van der Waals surface area contributed by atoms with E-state index in [4.69, 9.17) is 18.6 Å². The lowest BCUT2D eigenvalue weighted by Gasteiger charge is -2.45. The summed E-state index contributed by atoms with van der Waals surface area (Å²) in [7, 11) is -1.02. The van der Waals surface area contributed by atoms with Crippen LogP contribution in [0.2, 0.25) is 5.04 Å². The fraction of sp³-hybridized carbons (Fsp3) is 0.400. The van der Waals surface area contributed by atoms with E-state index in [-0.39, 0.29) is 29.6 Å². The van der Waals surface area contributed by atoms with Gasteiger partial charge in [-0.15, -0.1) is 0 Å². The normalized spacial score (nSPS) is 21.7. The first-order valence-electron chi connectivity index (χ1n) is 12.5. The molecule has 1 fully saturated rings. The molecule has 186 valence electrons. The fourth-order valence-corrected chi connectivity index (χ4v) is 9.89. The van der Waals surface area contributed by atoms with E-state index in [1.165, 1.54) is 10.4 Å². The summed E-state index contributed by atoms with van der Waals surface area (Å²) in [5, 5.41) is 2.41. The van der Waals surface area contributed by atoms with E-state index in [1.54, 1.807) is 7.11 Å². The highest BCUT2D eigenvalue weighted by Gasteiger charge is 2.53. The molecule has 0 unspecified atom stereocenters. The van der Waals surface area contributed by atoms with E-state index in [1.807, 2.05) is 18.2 Å². The van der Waals surface area contributed by atoms with Gasteiger partial charge >= 0.3 is 0 Å². The van der Waals surface area contributed by atoms with Crippen LogP contribution in [0.4, 0.5) is 0 Å². The second-order valence-corrected chi connectivity index (χ2v) is 14.6. The van der Waals surface area contributed by atoms with Crippen molar-refractivity contribution >= 4 is 18.7 Å². The molecule has 0 bridgehead atoms. The molecule has 0 spiro atoms. The molecule has 1 aliphatic rings. The summed E-state index contributed by atoms with van der Waals surface area (Å²) in [6.45, 7) is 9.54. The second-order valence-electron chi connectivity index (χ2n) is 10.3. The molecular weight excluding hydrogens is 452 g/mol. The van der Waals surface area contributed by atoms with Crippen LogP contribution in [-0.4, -0.2) is 40.0 Å². The summed E-state index contributed by atoms with van der Waals surface area (Å²) >= 11 is 0. The largest absolute Gasteiger partial charge is 0.402 e. The van der Waals surface area contributed by atoms with Gasteiger partial charge in [-0.25, -0.2) is 0 Å². The van der Waals surface area contributed by atoms with Gasteiger partial charge in [-0.1, -0.05) is 112 Å². The molecule has 0 N–H and O–H groups in total. The molecule has 35 heavy (non-hydrogen) atoms. The Balaban J connectivity index is 1.66. The maximum atomic E-state index is 7.31. The number of hydrogen-bond acceptors (Lipinski definition) is 4. The summed E-state index contributed by atoms with van der Waals surface area (Å²) in [4.78, 5) is 0. The number of ether oxygens (including phenoxy) is 3. The van der Waals surface area contributed by atoms with Crippen LogP contribution in [0.3, 0.4) is 0 Å². The van der Waals surface area contributed by atoms with Crippen LogP contribution in [0, 0.1) is 0 Å². The summed E-state index contributed by atoms with van der Waals surface area (Å²) in [5.74, 6) is 0. The van der Waals surface area contributed by atoms with Gasteiger partial charge in [0.25, 0.3) is 8.32 Å². The Bertz CT molecular complexity index is 997. The Labute approximate surface area is 211 Å². The Kier molecular flexibility index (Phi) is 8.25. The van der Waals surface area contributed by atoms with E-state index in [0.29, 0.717) is 13.0 Å². The SMILES string of the molecule is CO[C@H]1C[C@H](OCc2ccccc2)[C@@H]([C@H](C)O[Si](c2ccccc2)(c2ccccc2)C(C)(C)C)O1. The van der Waals surface area contributed by atoms with Crippen LogP contribution in [0.5, 0.6) is 0 Å². The smallest absolute Gasteiger partial charge is 0.261 e. The second kappa shape index (κ2) is 11.2. The molecule has 1 heterocycles. The van der Waals surface area contributed by atoms with E-state index in [0.717, 1.165) is 5.56 Å². The first kappa shape index (κ1) is 25.8. The molecular formula is C30H38O4Si. The highest BCUT2D eigenvalue weighted by Crippen LogP contribution is 2.39. The van der Waals surface area contributed by atoms with Gasteiger partial charge in [0, 0.05) is 13.5 Å². The molecule has 3 aromatic carbocycles. The van der Waals surface area contributed by atoms with Gasteiger partial charge in [0.15, 0.2) is 6.29 Å². The van der Waals surface area contributed by atoms with Crippen LogP contribution in [0.1, 0.15) is 39.7 Å². The van der Waals surface area contributed by atoms with Crippen molar-refractivity contribution < 1.29 is 18.6 Å². The van der Waals surface area contributed by atoms with Crippen molar-refractivity contribution in [2.75, 3.05) is 7.11 Å². The topological polar surface area (TPSA) is 36.9 Å². The average molecular weight is 491 g/mol. The van der Waals surface area contributed by atoms with Crippen LogP contribution < -0.4 is 10.4 Å². The molecule has 0 amide bonds. The number of rotatable bonds is 9. The fourth-order valence-electron chi connectivity index (χ4n) is 5.18. The van der Waals surface area contributed by atoms with Gasteiger partial charge in [-0.3, -0.25) is 0 Å². The van der Waals surface area contributed by atoms with Crippen molar-refractivity contribution in [3.63, 3.8) is 0 Å². The van der Waals surface area contributed by atoms with E-state index < -0.39 is 8.32 Å². The summed E-state index contributed by atoms with van der Waals surface area (Å²) in [6, 6.07) is 31.7. The molecule has 0 saturated carbocycles. The van der Waals surface area contributed by atoms with E-state index in [2.05, 4.69) is 100 Å². The zero-order valence-corrected chi connectivity index (χ0v) is 22.5. The minimum absolute atomic E-state index is 0.108. The van der Waals surface area contributed by atoms with Crippen molar-refractivity contribution in [2.24, 2.45) is 0 Å². The van der Waals surface area contributed by atoms with Crippen LogP contribution in [0.15, 0.2) is 91.0 Å². The van der Waals surface area contributed by atoms with Gasteiger partial charge in [0.05, 0.1) is 18.8 Å². The Morgan fingerprint density at radius 1 is 0.857 bits per heavy atom. The molecule has 0 radical (unpaired) electrons. The van der Waals surface area contributed by atoms with Gasteiger partial charge in [-0.2, -0.15) is 0 Å². The lowest BCUT2D eigenvalue weighted by molar-refractivity contribution is -0.143.